The number of carboxylic acid groups (broad SMARTS) is 1. The zero-order valence-electron chi connectivity index (χ0n) is 27.0. The van der Waals surface area contributed by atoms with Gasteiger partial charge in [0.2, 0.25) is 0 Å². The fraction of sp³-hybridized carbons (Fsp3) is 0.639. The maximum atomic E-state index is 10.4. The zero-order valence-corrected chi connectivity index (χ0v) is 27.0. The van der Waals surface area contributed by atoms with Crippen molar-refractivity contribution in [1.82, 2.24) is 0 Å². The van der Waals surface area contributed by atoms with Crippen LogP contribution >= 0.6 is 0 Å². The molecule has 5 heteroatoms. The van der Waals surface area contributed by atoms with E-state index in [0.717, 1.165) is 59.5 Å². The highest BCUT2D eigenvalue weighted by Crippen LogP contribution is 2.44. The molecule has 0 radical (unpaired) electrons. The maximum absolute atomic E-state index is 10.4. The SMILES string of the molecule is Cc1c(C)c2c(c(C)c1O)CC[C@@](C)(CCC[C@H](C)CCC[C@H](C)CCCC(C)C)O2.O=C(O)c1ccccc1O. The molecule has 0 aliphatic carbocycles. The number of carbonyl (C=O) groups is 1. The third kappa shape index (κ3) is 10.6. The predicted octanol–water partition coefficient (Wildman–Crippen LogP) is 9.93. The van der Waals surface area contributed by atoms with Crippen LogP contribution in [0.15, 0.2) is 24.3 Å². The van der Waals surface area contributed by atoms with E-state index in [4.69, 9.17) is 14.9 Å². The van der Waals surface area contributed by atoms with Crippen LogP contribution in [-0.2, 0) is 6.42 Å². The standard InChI is InChI=1S/C29H50O2.C7H6O3/c1-20(2)12-9-13-21(3)14-10-15-22(4)16-11-18-29(8)19-17-26-25(7)27(30)23(5)24(6)28(26)31-29;8-6-4-2-1-3-5(6)7(9)10/h20-22,30H,9-19H2,1-8H3;1-4,8H,(H,9,10)/t21-,22-,29-;/m1./s1. The van der Waals surface area contributed by atoms with Crippen LogP contribution in [-0.4, -0.2) is 26.9 Å². The molecule has 0 amide bonds. The van der Waals surface area contributed by atoms with Crippen LogP contribution in [0.25, 0.3) is 0 Å². The van der Waals surface area contributed by atoms with Crippen molar-refractivity contribution >= 4 is 5.97 Å². The molecule has 0 spiro atoms. The Kier molecular flexibility index (Phi) is 13.5. The first-order valence-electron chi connectivity index (χ1n) is 15.8. The third-order valence-electron chi connectivity index (χ3n) is 9.00. The van der Waals surface area contributed by atoms with E-state index < -0.39 is 5.97 Å². The van der Waals surface area contributed by atoms with Crippen molar-refractivity contribution in [2.24, 2.45) is 17.8 Å². The molecule has 0 saturated carbocycles. The molecule has 1 aliphatic rings. The van der Waals surface area contributed by atoms with E-state index >= 15 is 0 Å². The molecule has 0 saturated heterocycles. The van der Waals surface area contributed by atoms with Gasteiger partial charge in [-0.3, -0.25) is 0 Å². The molecule has 3 rings (SSSR count). The topological polar surface area (TPSA) is 87.0 Å². The number of para-hydroxylation sites is 1. The molecule has 1 heterocycles. The van der Waals surface area contributed by atoms with E-state index in [9.17, 15) is 9.90 Å². The van der Waals surface area contributed by atoms with Crippen LogP contribution in [0.5, 0.6) is 17.2 Å². The number of phenols is 2. The second-order valence-corrected chi connectivity index (χ2v) is 13.3. The van der Waals surface area contributed by atoms with Crippen molar-refractivity contribution in [3.63, 3.8) is 0 Å². The Balaban J connectivity index is 0.000000493. The maximum Gasteiger partial charge on any atom is 0.339 e. The number of ether oxygens (including phenoxy) is 1. The molecule has 5 nitrogen and oxygen atoms in total. The average Bonchev–Trinajstić information content (AvgIpc) is 2.91. The quantitative estimate of drug-likeness (QED) is 0.224. The Morgan fingerprint density at radius 2 is 1.41 bits per heavy atom. The van der Waals surface area contributed by atoms with Crippen molar-refractivity contribution in [2.45, 2.75) is 132 Å². The summed E-state index contributed by atoms with van der Waals surface area (Å²) in [5, 5.41) is 27.7. The summed E-state index contributed by atoms with van der Waals surface area (Å²) in [6, 6.07) is 5.81. The van der Waals surface area contributed by atoms with Crippen LogP contribution in [0, 0.1) is 38.5 Å². The van der Waals surface area contributed by atoms with Crippen LogP contribution in [0.3, 0.4) is 0 Å². The number of aromatic hydroxyl groups is 2. The molecular formula is C36H56O5. The smallest absolute Gasteiger partial charge is 0.339 e. The first-order valence-corrected chi connectivity index (χ1v) is 15.8. The van der Waals surface area contributed by atoms with Gasteiger partial charge in [-0.25, -0.2) is 4.79 Å². The molecule has 230 valence electrons. The molecule has 3 atom stereocenters. The van der Waals surface area contributed by atoms with Gasteiger partial charge in [0.15, 0.2) is 0 Å². The van der Waals surface area contributed by atoms with Crippen LogP contribution in [0.1, 0.15) is 131 Å². The Morgan fingerprint density at radius 3 is 1.95 bits per heavy atom. The Morgan fingerprint density at radius 1 is 0.854 bits per heavy atom. The summed E-state index contributed by atoms with van der Waals surface area (Å²) in [5.41, 5.74) is 4.16. The van der Waals surface area contributed by atoms with E-state index in [1.54, 1.807) is 12.1 Å². The zero-order chi connectivity index (χ0) is 30.7. The van der Waals surface area contributed by atoms with Gasteiger partial charge in [0.25, 0.3) is 0 Å². The molecule has 1 aliphatic heterocycles. The number of carboxylic acids is 1. The lowest BCUT2D eigenvalue weighted by Crippen LogP contribution is -2.37. The fourth-order valence-corrected chi connectivity index (χ4v) is 5.93. The van der Waals surface area contributed by atoms with Crippen molar-refractivity contribution in [3.05, 3.63) is 52.1 Å². The summed E-state index contributed by atoms with van der Waals surface area (Å²) in [6.07, 6.45) is 14.1. The number of hydrogen-bond donors (Lipinski definition) is 3. The molecule has 0 unspecified atom stereocenters. The second-order valence-electron chi connectivity index (χ2n) is 13.3. The minimum Gasteiger partial charge on any atom is -0.507 e. The minimum atomic E-state index is -1.11. The highest BCUT2D eigenvalue weighted by atomic mass is 16.5. The Bertz CT molecular complexity index is 1120. The molecule has 3 N–H and O–H groups in total. The number of phenolic OH excluding ortho intramolecular Hbond substituents is 1. The first-order chi connectivity index (χ1) is 19.3. The summed E-state index contributed by atoms with van der Waals surface area (Å²) in [4.78, 5) is 10.3. The Hall–Kier alpha value is -2.69. The first kappa shape index (κ1) is 34.5. The molecule has 0 fully saturated rings. The van der Waals surface area contributed by atoms with Gasteiger partial charge in [0.1, 0.15) is 28.4 Å². The Labute approximate surface area is 249 Å². The highest BCUT2D eigenvalue weighted by molar-refractivity contribution is 5.90. The largest absolute Gasteiger partial charge is 0.507 e. The summed E-state index contributed by atoms with van der Waals surface area (Å²) in [5.74, 6) is 2.72. The monoisotopic (exact) mass is 568 g/mol. The van der Waals surface area contributed by atoms with E-state index in [1.807, 2.05) is 13.8 Å². The number of fused-ring (bicyclic) bond motifs is 1. The van der Waals surface area contributed by atoms with Crippen molar-refractivity contribution in [3.8, 4) is 17.2 Å². The van der Waals surface area contributed by atoms with Gasteiger partial charge >= 0.3 is 5.97 Å². The van der Waals surface area contributed by atoms with Crippen LogP contribution < -0.4 is 4.74 Å². The lowest BCUT2D eigenvalue weighted by molar-refractivity contribution is 0.0511. The lowest BCUT2D eigenvalue weighted by Gasteiger charge is -2.38. The molecule has 0 aromatic heterocycles. The van der Waals surface area contributed by atoms with Crippen molar-refractivity contribution < 1.29 is 24.9 Å². The van der Waals surface area contributed by atoms with Gasteiger partial charge < -0.3 is 20.1 Å². The molecule has 41 heavy (non-hydrogen) atoms. The van der Waals surface area contributed by atoms with E-state index in [1.165, 1.54) is 69.1 Å². The van der Waals surface area contributed by atoms with Crippen LogP contribution in [0.2, 0.25) is 0 Å². The normalized spacial score (nSPS) is 17.7. The number of aromatic carboxylic acids is 1. The van der Waals surface area contributed by atoms with E-state index in [2.05, 4.69) is 41.5 Å². The number of benzene rings is 2. The van der Waals surface area contributed by atoms with Gasteiger partial charge in [-0.05, 0) is 100.0 Å². The molecule has 2 aromatic rings. The van der Waals surface area contributed by atoms with E-state index in [0.29, 0.717) is 5.75 Å². The third-order valence-corrected chi connectivity index (χ3v) is 9.00. The molecule has 2 aromatic carbocycles. The van der Waals surface area contributed by atoms with Gasteiger partial charge in [-0.1, -0.05) is 84.8 Å². The number of hydrogen-bond acceptors (Lipinski definition) is 4. The number of rotatable bonds is 13. The highest BCUT2D eigenvalue weighted by Gasteiger charge is 2.34. The van der Waals surface area contributed by atoms with E-state index in [-0.39, 0.29) is 16.9 Å². The van der Waals surface area contributed by atoms with Gasteiger partial charge in [-0.2, -0.15) is 0 Å². The summed E-state index contributed by atoms with van der Waals surface area (Å²) in [7, 11) is 0. The van der Waals surface area contributed by atoms with Crippen molar-refractivity contribution in [2.75, 3.05) is 0 Å². The second kappa shape index (κ2) is 16.1. The molecular weight excluding hydrogens is 512 g/mol. The lowest BCUT2D eigenvalue weighted by atomic mass is 9.84. The van der Waals surface area contributed by atoms with Gasteiger partial charge in [0.05, 0.1) is 0 Å². The molecule has 0 bridgehead atoms. The van der Waals surface area contributed by atoms with Gasteiger partial charge in [-0.15, -0.1) is 0 Å². The predicted molar refractivity (Wildman–Crippen MR) is 169 cm³/mol. The van der Waals surface area contributed by atoms with Crippen molar-refractivity contribution in [1.29, 1.82) is 0 Å². The summed E-state index contributed by atoms with van der Waals surface area (Å²) >= 11 is 0. The minimum absolute atomic E-state index is 0.0671. The van der Waals surface area contributed by atoms with Gasteiger partial charge in [0, 0.05) is 5.56 Å². The summed E-state index contributed by atoms with van der Waals surface area (Å²) < 4.78 is 6.60. The van der Waals surface area contributed by atoms with Crippen LogP contribution in [0.4, 0.5) is 0 Å². The fourth-order valence-electron chi connectivity index (χ4n) is 5.93. The summed E-state index contributed by atoms with van der Waals surface area (Å²) in [6.45, 7) is 17.9. The average molecular weight is 569 g/mol.